The summed E-state index contributed by atoms with van der Waals surface area (Å²) in [6.07, 6.45) is 0.994. The van der Waals surface area contributed by atoms with Gasteiger partial charge in [0.1, 0.15) is 11.6 Å². The standard InChI is InChI=1S/C24H23FN4O3/c1-26-20-9-6-17(12-19(20)25)22-21(16-4-7-18(31-3)8-5-16)23(30)29(2)24(28-22)32-14-15-10-11-27-13-15/h4-9,12,15,27H,10-11,13-14H2,2-3H3. The number of halogens is 1. The summed E-state index contributed by atoms with van der Waals surface area (Å²) >= 11 is 0. The van der Waals surface area contributed by atoms with E-state index in [4.69, 9.17) is 16.0 Å². The van der Waals surface area contributed by atoms with E-state index in [9.17, 15) is 9.18 Å². The van der Waals surface area contributed by atoms with Gasteiger partial charge in [0.25, 0.3) is 11.6 Å². The number of rotatable bonds is 6. The lowest BCUT2D eigenvalue weighted by atomic mass is 10.00. The Morgan fingerprint density at radius 2 is 2.00 bits per heavy atom. The van der Waals surface area contributed by atoms with Crippen LogP contribution in [0.3, 0.4) is 0 Å². The van der Waals surface area contributed by atoms with Gasteiger partial charge in [0.15, 0.2) is 0 Å². The molecule has 1 fully saturated rings. The van der Waals surface area contributed by atoms with Crippen LogP contribution in [0.25, 0.3) is 27.2 Å². The summed E-state index contributed by atoms with van der Waals surface area (Å²) in [6.45, 7) is 9.31. The van der Waals surface area contributed by atoms with Crippen molar-refractivity contribution in [1.82, 2.24) is 14.9 Å². The van der Waals surface area contributed by atoms with Crippen LogP contribution in [-0.4, -0.2) is 36.4 Å². The molecule has 1 N–H and O–H groups in total. The zero-order valence-electron chi connectivity index (χ0n) is 17.9. The molecule has 0 bridgehead atoms. The first-order chi connectivity index (χ1) is 15.5. The van der Waals surface area contributed by atoms with Crippen molar-refractivity contribution in [3.63, 3.8) is 0 Å². The summed E-state index contributed by atoms with van der Waals surface area (Å²) in [5.41, 5.74) is 1.23. The number of nitrogens with zero attached hydrogens (tertiary/aromatic N) is 3. The molecule has 0 spiro atoms. The van der Waals surface area contributed by atoms with E-state index in [0.717, 1.165) is 19.5 Å². The molecular formula is C24H23FN4O3. The monoisotopic (exact) mass is 434 g/mol. The van der Waals surface area contributed by atoms with E-state index in [1.165, 1.54) is 16.7 Å². The van der Waals surface area contributed by atoms with Gasteiger partial charge in [-0.3, -0.25) is 9.36 Å². The second-order valence-electron chi connectivity index (χ2n) is 7.66. The number of hydrogen-bond acceptors (Lipinski definition) is 5. The largest absolute Gasteiger partial charge is 0.497 e. The Labute approximate surface area is 185 Å². The number of aromatic nitrogens is 2. The Kier molecular flexibility index (Phi) is 6.19. The van der Waals surface area contributed by atoms with Crippen LogP contribution in [0.5, 0.6) is 11.8 Å². The van der Waals surface area contributed by atoms with Gasteiger partial charge >= 0.3 is 0 Å². The summed E-state index contributed by atoms with van der Waals surface area (Å²) < 4.78 is 26.9. The molecule has 1 aliphatic rings. The average Bonchev–Trinajstić information content (AvgIpc) is 3.33. The Morgan fingerprint density at radius 1 is 1.25 bits per heavy atom. The smallest absolute Gasteiger partial charge is 0.299 e. The Morgan fingerprint density at radius 3 is 2.62 bits per heavy atom. The first-order valence-electron chi connectivity index (χ1n) is 10.3. The summed E-state index contributed by atoms with van der Waals surface area (Å²) in [5.74, 6) is 0.324. The average molecular weight is 434 g/mol. The van der Waals surface area contributed by atoms with Crippen LogP contribution in [0.15, 0.2) is 47.3 Å². The van der Waals surface area contributed by atoms with Crippen LogP contribution >= 0.6 is 0 Å². The Bertz CT molecular complexity index is 1230. The van der Waals surface area contributed by atoms with Gasteiger partial charge in [-0.1, -0.05) is 24.3 Å². The van der Waals surface area contributed by atoms with E-state index >= 15 is 0 Å². The topological polar surface area (TPSA) is 69.7 Å². The molecule has 0 amide bonds. The van der Waals surface area contributed by atoms with E-state index in [0.29, 0.717) is 40.7 Å². The maximum absolute atomic E-state index is 14.4. The first-order valence-corrected chi connectivity index (χ1v) is 10.3. The molecule has 4 rings (SSSR count). The number of hydrogen-bond donors (Lipinski definition) is 1. The number of ether oxygens (including phenoxy) is 2. The molecule has 3 aromatic rings. The van der Waals surface area contributed by atoms with Crippen molar-refractivity contribution in [1.29, 1.82) is 0 Å². The quantitative estimate of drug-likeness (QED) is 0.598. The molecule has 8 heteroatoms. The van der Waals surface area contributed by atoms with Gasteiger partial charge in [0.2, 0.25) is 5.69 Å². The lowest BCUT2D eigenvalue weighted by Gasteiger charge is -2.17. The molecule has 2 heterocycles. The van der Waals surface area contributed by atoms with Crippen molar-refractivity contribution in [2.75, 3.05) is 26.8 Å². The number of methoxy groups -OCH3 is 1. The fraction of sp³-hybridized carbons (Fsp3) is 0.292. The minimum absolute atomic E-state index is 0.0891. The van der Waals surface area contributed by atoms with Crippen LogP contribution < -0.4 is 20.3 Å². The van der Waals surface area contributed by atoms with Crippen LogP contribution in [0.2, 0.25) is 0 Å². The lowest BCUT2D eigenvalue weighted by molar-refractivity contribution is 0.231. The van der Waals surface area contributed by atoms with E-state index < -0.39 is 5.82 Å². The third-order valence-corrected chi connectivity index (χ3v) is 5.58. The molecule has 1 saturated heterocycles. The highest BCUT2D eigenvalue weighted by Crippen LogP contribution is 2.32. The van der Waals surface area contributed by atoms with E-state index in [2.05, 4.69) is 15.1 Å². The summed E-state index contributed by atoms with van der Waals surface area (Å²) in [7, 11) is 3.17. The zero-order chi connectivity index (χ0) is 22.7. The van der Waals surface area contributed by atoms with E-state index in [-0.39, 0.29) is 17.3 Å². The fourth-order valence-corrected chi connectivity index (χ4v) is 3.73. The van der Waals surface area contributed by atoms with Crippen LogP contribution in [0.4, 0.5) is 10.1 Å². The molecule has 1 unspecified atom stereocenters. The minimum atomic E-state index is -0.667. The summed E-state index contributed by atoms with van der Waals surface area (Å²) in [5, 5.41) is 3.28. The molecule has 164 valence electrons. The normalized spacial score (nSPS) is 15.4. The molecule has 1 atom stereocenters. The maximum Gasteiger partial charge on any atom is 0.299 e. The van der Waals surface area contributed by atoms with Gasteiger partial charge < -0.3 is 14.8 Å². The second kappa shape index (κ2) is 9.20. The van der Waals surface area contributed by atoms with Gasteiger partial charge in [0, 0.05) is 25.1 Å². The van der Waals surface area contributed by atoms with Crippen LogP contribution in [0.1, 0.15) is 6.42 Å². The Balaban J connectivity index is 1.85. The van der Waals surface area contributed by atoms with Gasteiger partial charge in [-0.05, 0) is 36.7 Å². The van der Waals surface area contributed by atoms with Crippen molar-refractivity contribution in [2.45, 2.75) is 6.42 Å². The number of benzene rings is 2. The molecule has 0 aliphatic carbocycles. The fourth-order valence-electron chi connectivity index (χ4n) is 3.73. The molecular weight excluding hydrogens is 411 g/mol. The zero-order valence-corrected chi connectivity index (χ0v) is 17.9. The van der Waals surface area contributed by atoms with Crippen molar-refractivity contribution >= 4 is 5.69 Å². The van der Waals surface area contributed by atoms with Crippen molar-refractivity contribution in [3.05, 3.63) is 70.1 Å². The van der Waals surface area contributed by atoms with E-state index in [1.807, 2.05) is 0 Å². The highest BCUT2D eigenvalue weighted by atomic mass is 19.1. The van der Waals surface area contributed by atoms with Gasteiger partial charge in [-0.25, -0.2) is 9.24 Å². The van der Waals surface area contributed by atoms with Crippen molar-refractivity contribution in [2.24, 2.45) is 13.0 Å². The van der Waals surface area contributed by atoms with Gasteiger partial charge in [-0.15, -0.1) is 0 Å². The van der Waals surface area contributed by atoms with Crippen LogP contribution in [0, 0.1) is 18.3 Å². The SMILES string of the molecule is [C-]#[N+]c1ccc(-c2nc(OCC3CCNC3)n(C)c(=O)c2-c2ccc(OC)cc2)cc1F. The molecule has 0 saturated carbocycles. The predicted octanol–water partition coefficient (Wildman–Crippen LogP) is 3.80. The van der Waals surface area contributed by atoms with Gasteiger partial charge in [0.05, 0.1) is 31.5 Å². The third kappa shape index (κ3) is 4.20. The molecule has 1 aromatic heterocycles. The lowest BCUT2D eigenvalue weighted by Crippen LogP contribution is -2.25. The van der Waals surface area contributed by atoms with Crippen molar-refractivity contribution < 1.29 is 13.9 Å². The highest BCUT2D eigenvalue weighted by Gasteiger charge is 2.21. The minimum Gasteiger partial charge on any atom is -0.497 e. The Hall–Kier alpha value is -3.70. The maximum atomic E-state index is 14.4. The second-order valence-corrected chi connectivity index (χ2v) is 7.66. The van der Waals surface area contributed by atoms with Crippen molar-refractivity contribution in [3.8, 4) is 34.1 Å². The number of nitrogens with one attached hydrogen (secondary N) is 1. The first kappa shape index (κ1) is 21.5. The third-order valence-electron chi connectivity index (χ3n) is 5.58. The summed E-state index contributed by atoms with van der Waals surface area (Å²) in [6, 6.07) is 11.4. The molecule has 32 heavy (non-hydrogen) atoms. The van der Waals surface area contributed by atoms with E-state index in [1.54, 1.807) is 44.5 Å². The van der Waals surface area contributed by atoms with Gasteiger partial charge in [-0.2, -0.15) is 4.98 Å². The molecule has 1 aliphatic heterocycles. The van der Waals surface area contributed by atoms with Crippen LogP contribution in [-0.2, 0) is 7.05 Å². The molecule has 0 radical (unpaired) electrons. The summed E-state index contributed by atoms with van der Waals surface area (Å²) in [4.78, 5) is 21.2. The molecule has 2 aromatic carbocycles. The molecule has 7 nitrogen and oxygen atoms in total. The predicted molar refractivity (Wildman–Crippen MR) is 120 cm³/mol. The highest BCUT2D eigenvalue weighted by molar-refractivity contribution is 5.81.